The standard InChI is InChI=1S/C19H25ClN4O2/c1-25-16-12-15(17(26-2)11-14(16)20)23-18-9-10-21-19(24-18)22-13-7-5-3-4-6-8-13/h9-13H,3-8H2,1-2H3,(H2,21,22,23,24). The molecule has 1 aromatic heterocycles. The highest BCUT2D eigenvalue weighted by Gasteiger charge is 2.14. The average molecular weight is 377 g/mol. The van der Waals surface area contributed by atoms with E-state index in [9.17, 15) is 0 Å². The highest BCUT2D eigenvalue weighted by molar-refractivity contribution is 6.32. The maximum Gasteiger partial charge on any atom is 0.224 e. The molecule has 1 aliphatic carbocycles. The number of aromatic nitrogens is 2. The van der Waals surface area contributed by atoms with Gasteiger partial charge in [-0.25, -0.2) is 4.98 Å². The van der Waals surface area contributed by atoms with E-state index in [1.807, 2.05) is 6.07 Å². The minimum absolute atomic E-state index is 0.443. The van der Waals surface area contributed by atoms with Gasteiger partial charge in [-0.15, -0.1) is 0 Å². The summed E-state index contributed by atoms with van der Waals surface area (Å²) in [7, 11) is 3.18. The van der Waals surface area contributed by atoms with Crippen LogP contribution in [0.25, 0.3) is 0 Å². The predicted molar refractivity (Wildman–Crippen MR) is 105 cm³/mol. The number of ether oxygens (including phenoxy) is 2. The largest absolute Gasteiger partial charge is 0.495 e. The number of anilines is 3. The number of halogens is 1. The molecule has 0 unspecified atom stereocenters. The van der Waals surface area contributed by atoms with Gasteiger partial charge in [-0.3, -0.25) is 0 Å². The van der Waals surface area contributed by atoms with Crippen LogP contribution in [0.4, 0.5) is 17.5 Å². The Balaban J connectivity index is 1.76. The molecular weight excluding hydrogens is 352 g/mol. The van der Waals surface area contributed by atoms with Gasteiger partial charge < -0.3 is 20.1 Å². The second-order valence-electron chi connectivity index (χ2n) is 6.41. The normalized spacial score (nSPS) is 15.2. The van der Waals surface area contributed by atoms with E-state index in [4.69, 9.17) is 21.1 Å². The second kappa shape index (κ2) is 8.94. The van der Waals surface area contributed by atoms with Crippen molar-refractivity contribution in [3.63, 3.8) is 0 Å². The number of benzene rings is 1. The molecule has 1 heterocycles. The van der Waals surface area contributed by atoms with Crippen LogP contribution in [0.15, 0.2) is 24.4 Å². The molecule has 1 saturated carbocycles. The van der Waals surface area contributed by atoms with Gasteiger partial charge in [0.2, 0.25) is 5.95 Å². The molecule has 0 aliphatic heterocycles. The average Bonchev–Trinajstić information content (AvgIpc) is 2.92. The van der Waals surface area contributed by atoms with Gasteiger partial charge >= 0.3 is 0 Å². The van der Waals surface area contributed by atoms with Crippen molar-refractivity contribution < 1.29 is 9.47 Å². The molecule has 2 aromatic rings. The fourth-order valence-corrected chi connectivity index (χ4v) is 3.43. The molecule has 1 fully saturated rings. The Hall–Kier alpha value is -2.21. The predicted octanol–water partition coefficient (Wildman–Crippen LogP) is 5.03. The SMILES string of the molecule is COc1cc(Nc2ccnc(NC3CCCCCC3)n2)c(OC)cc1Cl. The van der Waals surface area contributed by atoms with E-state index >= 15 is 0 Å². The summed E-state index contributed by atoms with van der Waals surface area (Å²) in [5.74, 6) is 2.51. The zero-order valence-corrected chi connectivity index (χ0v) is 16.0. The van der Waals surface area contributed by atoms with Crippen LogP contribution in [0.1, 0.15) is 38.5 Å². The van der Waals surface area contributed by atoms with Crippen molar-refractivity contribution in [1.29, 1.82) is 0 Å². The van der Waals surface area contributed by atoms with Gasteiger partial charge in [0.15, 0.2) is 0 Å². The number of nitrogens with one attached hydrogen (secondary N) is 2. The Morgan fingerprint density at radius 1 is 1.04 bits per heavy atom. The van der Waals surface area contributed by atoms with Crippen LogP contribution in [-0.4, -0.2) is 30.2 Å². The zero-order valence-electron chi connectivity index (χ0n) is 15.2. The molecule has 7 heteroatoms. The Labute approximate surface area is 159 Å². The van der Waals surface area contributed by atoms with Gasteiger partial charge in [-0.2, -0.15) is 4.98 Å². The van der Waals surface area contributed by atoms with Crippen LogP contribution in [0.3, 0.4) is 0 Å². The molecule has 0 spiro atoms. The van der Waals surface area contributed by atoms with Crippen LogP contribution in [0, 0.1) is 0 Å². The van der Waals surface area contributed by atoms with E-state index in [1.54, 1.807) is 32.5 Å². The third-order valence-corrected chi connectivity index (χ3v) is 4.88. The van der Waals surface area contributed by atoms with Crippen LogP contribution in [-0.2, 0) is 0 Å². The number of hydrogen-bond acceptors (Lipinski definition) is 6. The summed E-state index contributed by atoms with van der Waals surface area (Å²) in [6.07, 6.45) is 9.24. The van der Waals surface area contributed by atoms with E-state index in [1.165, 1.54) is 38.5 Å². The van der Waals surface area contributed by atoms with Crippen molar-refractivity contribution >= 4 is 29.1 Å². The molecule has 0 amide bonds. The summed E-state index contributed by atoms with van der Waals surface area (Å²) in [4.78, 5) is 8.94. The first kappa shape index (κ1) is 18.6. The Morgan fingerprint density at radius 2 is 1.77 bits per heavy atom. The second-order valence-corrected chi connectivity index (χ2v) is 6.82. The van der Waals surface area contributed by atoms with E-state index in [2.05, 4.69) is 20.6 Å². The third kappa shape index (κ3) is 4.69. The molecule has 0 radical (unpaired) electrons. The maximum absolute atomic E-state index is 6.16. The smallest absolute Gasteiger partial charge is 0.224 e. The molecule has 3 rings (SSSR count). The van der Waals surface area contributed by atoms with E-state index in [0.717, 1.165) is 5.69 Å². The molecule has 0 bridgehead atoms. The minimum atomic E-state index is 0.443. The summed E-state index contributed by atoms with van der Waals surface area (Å²) in [5, 5.41) is 7.22. The summed E-state index contributed by atoms with van der Waals surface area (Å²) in [6, 6.07) is 5.77. The zero-order chi connectivity index (χ0) is 18.4. The van der Waals surface area contributed by atoms with E-state index in [-0.39, 0.29) is 0 Å². The molecule has 2 N–H and O–H groups in total. The van der Waals surface area contributed by atoms with Crippen molar-refractivity contribution in [1.82, 2.24) is 9.97 Å². The Morgan fingerprint density at radius 3 is 2.46 bits per heavy atom. The van der Waals surface area contributed by atoms with Gasteiger partial charge in [0.25, 0.3) is 0 Å². The van der Waals surface area contributed by atoms with Crippen LogP contribution >= 0.6 is 11.6 Å². The van der Waals surface area contributed by atoms with Gasteiger partial charge in [-0.05, 0) is 18.9 Å². The lowest BCUT2D eigenvalue weighted by molar-refractivity contribution is 0.405. The summed E-state index contributed by atoms with van der Waals surface area (Å²) in [6.45, 7) is 0. The molecular formula is C19H25ClN4O2. The fourth-order valence-electron chi connectivity index (χ4n) is 3.20. The van der Waals surface area contributed by atoms with Crippen LogP contribution in [0.2, 0.25) is 5.02 Å². The minimum Gasteiger partial charge on any atom is -0.495 e. The van der Waals surface area contributed by atoms with Crippen molar-refractivity contribution in [3.05, 3.63) is 29.4 Å². The van der Waals surface area contributed by atoms with Crippen LogP contribution in [0.5, 0.6) is 11.5 Å². The quantitative estimate of drug-likeness (QED) is 0.689. The van der Waals surface area contributed by atoms with E-state index in [0.29, 0.717) is 34.3 Å². The molecule has 0 saturated heterocycles. The fraction of sp³-hybridized carbons (Fsp3) is 0.474. The van der Waals surface area contributed by atoms with Gasteiger partial charge in [0, 0.05) is 24.4 Å². The summed E-state index contributed by atoms with van der Waals surface area (Å²) < 4.78 is 10.7. The number of rotatable bonds is 6. The lowest BCUT2D eigenvalue weighted by Crippen LogP contribution is -2.20. The summed E-state index contributed by atoms with van der Waals surface area (Å²) in [5.41, 5.74) is 0.730. The maximum atomic E-state index is 6.16. The van der Waals surface area contributed by atoms with Crippen molar-refractivity contribution in [3.8, 4) is 11.5 Å². The topological polar surface area (TPSA) is 68.3 Å². The number of nitrogens with zero attached hydrogens (tertiary/aromatic N) is 2. The van der Waals surface area contributed by atoms with Crippen molar-refractivity contribution in [2.75, 3.05) is 24.9 Å². The Kier molecular flexibility index (Phi) is 6.39. The number of hydrogen-bond donors (Lipinski definition) is 2. The van der Waals surface area contributed by atoms with Crippen molar-refractivity contribution in [2.24, 2.45) is 0 Å². The first-order valence-electron chi connectivity index (χ1n) is 8.97. The van der Waals surface area contributed by atoms with Gasteiger partial charge in [-0.1, -0.05) is 37.3 Å². The molecule has 0 atom stereocenters. The summed E-state index contributed by atoms with van der Waals surface area (Å²) >= 11 is 6.16. The Bertz CT molecular complexity index is 733. The third-order valence-electron chi connectivity index (χ3n) is 4.58. The van der Waals surface area contributed by atoms with Crippen LogP contribution < -0.4 is 20.1 Å². The lowest BCUT2D eigenvalue weighted by atomic mass is 10.1. The van der Waals surface area contributed by atoms with E-state index < -0.39 is 0 Å². The molecule has 26 heavy (non-hydrogen) atoms. The molecule has 6 nitrogen and oxygen atoms in total. The van der Waals surface area contributed by atoms with Gasteiger partial charge in [0.1, 0.15) is 17.3 Å². The highest BCUT2D eigenvalue weighted by atomic mass is 35.5. The van der Waals surface area contributed by atoms with Gasteiger partial charge in [0.05, 0.1) is 24.9 Å². The first-order valence-corrected chi connectivity index (χ1v) is 9.35. The lowest BCUT2D eigenvalue weighted by Gasteiger charge is -2.17. The monoisotopic (exact) mass is 376 g/mol. The first-order chi connectivity index (χ1) is 12.7. The molecule has 140 valence electrons. The molecule has 1 aliphatic rings. The molecule has 1 aromatic carbocycles. The van der Waals surface area contributed by atoms with Crippen molar-refractivity contribution in [2.45, 2.75) is 44.6 Å². The highest BCUT2D eigenvalue weighted by Crippen LogP contribution is 2.37. The number of methoxy groups -OCH3 is 2.